The minimum Gasteiger partial charge on any atom is -0.683 e. The van der Waals surface area contributed by atoms with E-state index in [1.54, 1.807) is 0 Å². The minimum absolute atomic E-state index is 0. The van der Waals surface area contributed by atoms with Gasteiger partial charge in [0.05, 0.1) is 0 Å². The molecule has 0 aromatic heterocycles. The van der Waals surface area contributed by atoms with Crippen molar-refractivity contribution in [2.24, 2.45) is 21.7 Å². The maximum atomic E-state index is 5.12. The first-order valence-electron chi connectivity index (χ1n) is 31.3. The second-order valence-corrected chi connectivity index (χ2v) is 27.5. The van der Waals surface area contributed by atoms with Crippen LogP contribution in [0.2, 0.25) is 0 Å². The summed E-state index contributed by atoms with van der Waals surface area (Å²) < 4.78 is 19.8. The van der Waals surface area contributed by atoms with Gasteiger partial charge in [-0.15, -0.1) is 48.9 Å². The van der Waals surface area contributed by atoms with Crippen LogP contribution in [0.1, 0.15) is 134 Å². The zero-order chi connectivity index (χ0) is 60.0. The Morgan fingerprint density at radius 3 is 0.593 bits per heavy atom. The zero-order valence-electron chi connectivity index (χ0n) is 54.7. The Hall–Kier alpha value is -4.04. The van der Waals surface area contributed by atoms with Crippen LogP contribution >= 0.6 is 0 Å². The van der Waals surface area contributed by atoms with Gasteiger partial charge in [0.2, 0.25) is 0 Å². The molecule has 86 heavy (non-hydrogen) atoms. The molecule has 4 saturated heterocycles. The van der Waals surface area contributed by atoms with Gasteiger partial charge < -0.3 is 40.2 Å². The fraction of sp³-hybridized carbons (Fsp3) is 0.474. The molecule has 8 aromatic carbocycles. The van der Waals surface area contributed by atoms with Crippen LogP contribution in [0.3, 0.4) is 0 Å². The number of rotatable bonds is 10. The molecule has 4 aliphatic heterocycles. The van der Waals surface area contributed by atoms with Crippen LogP contribution in [0, 0.1) is 68.6 Å². The molecule has 4 heterocycles. The van der Waals surface area contributed by atoms with Crippen LogP contribution in [-0.4, -0.2) is 79.0 Å². The third-order valence-corrected chi connectivity index (χ3v) is 14.3. The van der Waals surface area contributed by atoms with Crippen molar-refractivity contribution >= 4 is 65.8 Å². The summed E-state index contributed by atoms with van der Waals surface area (Å²) in [6.45, 7) is 37.9. The molecule has 0 bridgehead atoms. The van der Waals surface area contributed by atoms with Gasteiger partial charge in [0.25, 0.3) is 0 Å². The first kappa shape index (κ1) is 72.7. The van der Waals surface area contributed by atoms with Gasteiger partial charge in [-0.2, -0.15) is 0 Å². The van der Waals surface area contributed by atoms with E-state index in [9.17, 15) is 0 Å². The Kier molecular flexibility index (Phi) is 30.4. The van der Waals surface area contributed by atoms with E-state index in [0.29, 0.717) is 0 Å². The molecule has 0 N–H and O–H groups in total. The minimum atomic E-state index is 0. The summed E-state index contributed by atoms with van der Waals surface area (Å²) in [5, 5.41) is 30.3. The van der Waals surface area contributed by atoms with Gasteiger partial charge in [-0.3, -0.25) is 0 Å². The molecule has 0 aliphatic carbocycles. The van der Waals surface area contributed by atoms with Crippen molar-refractivity contribution in [1.29, 1.82) is 0 Å². The van der Waals surface area contributed by atoms with Crippen molar-refractivity contribution in [2.45, 2.75) is 134 Å². The average molecular weight is 1310 g/mol. The predicted molar refractivity (Wildman–Crippen MR) is 363 cm³/mol. The van der Waals surface area contributed by atoms with Gasteiger partial charge in [-0.1, -0.05) is 250 Å². The van der Waals surface area contributed by atoms with Crippen LogP contribution in [0.25, 0.3) is 86.6 Å². The van der Waals surface area contributed by atoms with Gasteiger partial charge in [-0.25, -0.2) is 0 Å². The smallest absolute Gasteiger partial charge is 0.683 e. The Labute approximate surface area is 569 Å². The van der Waals surface area contributed by atoms with E-state index in [1.165, 1.54) is 117 Å². The van der Waals surface area contributed by atoms with Crippen molar-refractivity contribution in [3.63, 3.8) is 0 Å². The molecule has 0 saturated carbocycles. The summed E-state index contributed by atoms with van der Waals surface area (Å²) in [5.74, 6) is 0. The van der Waals surface area contributed by atoms with Gasteiger partial charge in [0, 0.05) is 52.9 Å². The molecule has 8 nitrogen and oxygen atoms in total. The number of ether oxygens (including phenoxy) is 4. The number of hydrogen-bond acceptors (Lipinski definition) is 4. The SMILES string of the molecule is C1CCOC1.C1CCOC1.C1CCOC1.C1CCOC1.CC(C)(C)C[N-]c1ccc2ccccc2c1-c1c([N-]CC(C)(C)C)ccc2ccccc12.CC(C)(C)C[N-]c1ccc2ccccc2c1-c1c([N-]CC(C)(C)C)ccc2ccccc12.[Li+].[Yb+3]. The number of benzene rings is 8. The number of fused-ring (bicyclic) bond motifs is 4. The second kappa shape index (κ2) is 36.0. The summed E-state index contributed by atoms with van der Waals surface area (Å²) in [6.07, 6.45) is 10.2. The van der Waals surface area contributed by atoms with Crippen molar-refractivity contribution in [3.8, 4) is 22.3 Å². The molecule has 463 valence electrons. The predicted octanol–water partition coefficient (Wildman–Crippen LogP) is 19.7. The van der Waals surface area contributed by atoms with Crippen LogP contribution in [0.15, 0.2) is 146 Å². The van der Waals surface area contributed by atoms with Gasteiger partial charge in [0.1, 0.15) is 0 Å². The van der Waals surface area contributed by atoms with Crippen molar-refractivity contribution in [1.82, 2.24) is 0 Å². The number of hydrogen-bond donors (Lipinski definition) is 0. The Bertz CT molecular complexity index is 2800. The molecule has 0 atom stereocenters. The van der Waals surface area contributed by atoms with E-state index in [0.717, 1.165) is 102 Å². The molecule has 4 fully saturated rings. The van der Waals surface area contributed by atoms with E-state index in [2.05, 4.69) is 229 Å². The Balaban J connectivity index is 0.000000231. The van der Waals surface area contributed by atoms with E-state index < -0.39 is 0 Å². The maximum absolute atomic E-state index is 5.12. The van der Waals surface area contributed by atoms with Crippen molar-refractivity contribution < 1.29 is 84.7 Å². The normalized spacial score (nSPS) is 14.7. The molecule has 0 unspecified atom stereocenters. The van der Waals surface area contributed by atoms with E-state index >= 15 is 0 Å². The molecule has 0 amide bonds. The molecule has 8 aromatic rings. The second-order valence-electron chi connectivity index (χ2n) is 27.5. The summed E-state index contributed by atoms with van der Waals surface area (Å²) in [5.41, 5.74) is 9.45. The third-order valence-electron chi connectivity index (χ3n) is 14.3. The van der Waals surface area contributed by atoms with Crippen LogP contribution in [0.4, 0.5) is 22.7 Å². The molecule has 10 heteroatoms. The fourth-order valence-corrected chi connectivity index (χ4v) is 9.95. The Morgan fingerprint density at radius 1 is 0.267 bits per heavy atom. The standard InChI is InChI=1S/2C30H34N2.4C4H8O.Li.Yb/c2*1-29(2,3)19-31-25-17-15-21-11-7-9-13-23(21)27(25)28-24-14-10-8-12-22(24)16-18-26(28)32-20-30(4,5)6;4*1-2-4-5-3-1;;/h2*7-18H,19-20H2,1-6H3;4*1-4H2;;/q2*-2;;;;;+1;+3. The Morgan fingerprint density at radius 2 is 0.442 bits per heavy atom. The van der Waals surface area contributed by atoms with Crippen LogP contribution in [0.5, 0.6) is 0 Å². The van der Waals surface area contributed by atoms with E-state index in [1.807, 2.05) is 0 Å². The third kappa shape index (κ3) is 24.1. The first-order chi connectivity index (χ1) is 40.2. The molecular formula is C76H100LiN4O4Yb. The monoisotopic (exact) mass is 1310 g/mol. The summed E-state index contributed by atoms with van der Waals surface area (Å²) in [4.78, 5) is 0. The zero-order valence-corrected chi connectivity index (χ0v) is 56.4. The molecule has 0 spiro atoms. The topological polar surface area (TPSA) is 93.3 Å². The quantitative estimate of drug-likeness (QED) is 0.128. The van der Waals surface area contributed by atoms with Gasteiger partial charge >= 0.3 is 65.8 Å². The molecule has 12 rings (SSSR count). The van der Waals surface area contributed by atoms with E-state index in [4.69, 9.17) is 40.2 Å². The van der Waals surface area contributed by atoms with Crippen LogP contribution < -0.4 is 18.9 Å². The van der Waals surface area contributed by atoms with E-state index in [-0.39, 0.29) is 87.4 Å². The summed E-state index contributed by atoms with van der Waals surface area (Å²) in [6, 6.07) is 52.0. The molecular weight excluding hydrogens is 1210 g/mol. The first-order valence-corrected chi connectivity index (χ1v) is 31.3. The maximum Gasteiger partial charge on any atom is 3.00 e. The average Bonchev–Trinajstić information content (AvgIpc) is 0.937. The van der Waals surface area contributed by atoms with Crippen molar-refractivity contribution in [3.05, 3.63) is 167 Å². The largest absolute Gasteiger partial charge is 3.00 e. The summed E-state index contributed by atoms with van der Waals surface area (Å²) in [7, 11) is 0. The summed E-state index contributed by atoms with van der Waals surface area (Å²) >= 11 is 0. The number of nitrogens with zero attached hydrogens (tertiary/aromatic N) is 4. The van der Waals surface area contributed by atoms with Gasteiger partial charge in [-0.05, 0) is 117 Å². The fourth-order valence-electron chi connectivity index (χ4n) is 9.95. The van der Waals surface area contributed by atoms with Gasteiger partial charge in [0.15, 0.2) is 0 Å². The van der Waals surface area contributed by atoms with Crippen LogP contribution in [-0.2, 0) is 18.9 Å². The van der Waals surface area contributed by atoms with Crippen molar-refractivity contribution in [2.75, 3.05) is 79.0 Å². The molecule has 4 aliphatic rings. The molecule has 1 radical (unpaired) electrons.